The predicted molar refractivity (Wildman–Crippen MR) is 36.1 cm³/mol. The van der Waals surface area contributed by atoms with Crippen molar-refractivity contribution in [2.45, 2.75) is 0 Å². The number of nitrogens with zero attached hydrogens (tertiary/aromatic N) is 5. The molecule has 2 N–H and O–H groups in total. The summed E-state index contributed by atoms with van der Waals surface area (Å²) in [7, 11) is 0. The van der Waals surface area contributed by atoms with Gasteiger partial charge in [0.15, 0.2) is 0 Å². The van der Waals surface area contributed by atoms with Gasteiger partial charge in [-0.15, -0.1) is 0 Å². The highest BCUT2D eigenvalue weighted by atomic mass is 32.1. The fourth-order valence-corrected chi connectivity index (χ4v) is 0.563. The van der Waals surface area contributed by atoms with Gasteiger partial charge in [0.2, 0.25) is 5.21 Å². The van der Waals surface area contributed by atoms with E-state index in [0.717, 1.165) is 0 Å². The van der Waals surface area contributed by atoms with Crippen LogP contribution < -0.4 is 5.73 Å². The van der Waals surface area contributed by atoms with Gasteiger partial charge in [0, 0.05) is 0 Å². The lowest BCUT2D eigenvalue weighted by atomic mass is 10.6. The van der Waals surface area contributed by atoms with Gasteiger partial charge in [-0.05, 0) is 0 Å². The Morgan fingerprint density at radius 1 is 1.82 bits per heavy atom. The van der Waals surface area contributed by atoms with Crippen molar-refractivity contribution in [3.05, 3.63) is 15.9 Å². The second-order valence-electron chi connectivity index (χ2n) is 1.49. The van der Waals surface area contributed by atoms with E-state index in [2.05, 4.69) is 27.7 Å². The Balaban J connectivity index is 3.16. The summed E-state index contributed by atoms with van der Waals surface area (Å²) in [4.78, 5) is 10.2. The van der Waals surface area contributed by atoms with Crippen molar-refractivity contribution in [2.75, 3.05) is 0 Å². The highest BCUT2D eigenvalue weighted by Gasteiger charge is 2.17. The van der Waals surface area contributed by atoms with Crippen LogP contribution in [0.3, 0.4) is 0 Å². The van der Waals surface area contributed by atoms with E-state index >= 15 is 0 Å². The molecular formula is C2H2N6O2S. The summed E-state index contributed by atoms with van der Waals surface area (Å²) in [6, 6.07) is 0. The van der Waals surface area contributed by atoms with Crippen molar-refractivity contribution in [3.8, 4) is 0 Å². The molecule has 8 nitrogen and oxygen atoms in total. The zero-order valence-electron chi connectivity index (χ0n) is 5.04. The van der Waals surface area contributed by atoms with E-state index in [1.54, 1.807) is 0 Å². The molecule has 0 aromatic carbocycles. The third-order valence-corrected chi connectivity index (χ3v) is 1.01. The Hall–Kier alpha value is -1.64. The predicted octanol–water partition coefficient (Wildman–Crippen LogP) is -1.65. The average molecular weight is 174 g/mol. The summed E-state index contributed by atoms with van der Waals surface area (Å²) in [5.41, 5.74) is 5.06. The molecule has 0 fully saturated rings. The fourth-order valence-electron chi connectivity index (χ4n) is 0.440. The Kier molecular flexibility index (Phi) is 1.72. The second-order valence-corrected chi connectivity index (χ2v) is 1.93. The van der Waals surface area contributed by atoms with Gasteiger partial charge in [0.25, 0.3) is 5.82 Å². The monoisotopic (exact) mass is 174 g/mol. The summed E-state index contributed by atoms with van der Waals surface area (Å²) >= 11 is 4.43. The maximum absolute atomic E-state index is 10.1. The van der Waals surface area contributed by atoms with Crippen LogP contribution in [0.15, 0.2) is 0 Å². The van der Waals surface area contributed by atoms with E-state index in [-0.39, 0.29) is 10.8 Å². The van der Waals surface area contributed by atoms with Crippen molar-refractivity contribution in [1.82, 2.24) is 20.3 Å². The minimum Gasteiger partial charge on any atom is -0.387 e. The third-order valence-electron chi connectivity index (χ3n) is 0.829. The van der Waals surface area contributed by atoms with E-state index in [9.17, 15) is 10.1 Å². The van der Waals surface area contributed by atoms with Gasteiger partial charge in [0.05, 0.1) is 9.82 Å². The van der Waals surface area contributed by atoms with Crippen LogP contribution in [0.2, 0.25) is 0 Å². The average Bonchev–Trinajstić information content (AvgIpc) is 2.32. The Bertz CT molecular complexity index is 277. The number of aromatic nitrogens is 4. The van der Waals surface area contributed by atoms with Gasteiger partial charge >= 0.3 is 0 Å². The van der Waals surface area contributed by atoms with Crippen molar-refractivity contribution in [1.29, 1.82) is 0 Å². The SMILES string of the molecule is NC(=S)c1nnnn1[N+](=O)[O-]. The normalized spacial score (nSPS) is 9.45. The molecular weight excluding hydrogens is 172 g/mol. The maximum atomic E-state index is 10.1. The lowest BCUT2D eigenvalue weighted by Crippen LogP contribution is -2.22. The van der Waals surface area contributed by atoms with Crippen molar-refractivity contribution in [3.63, 3.8) is 0 Å². The van der Waals surface area contributed by atoms with Crippen LogP contribution in [0, 0.1) is 10.1 Å². The number of hydrogen-bond acceptors (Lipinski definition) is 6. The molecule has 0 radical (unpaired) electrons. The molecule has 11 heavy (non-hydrogen) atoms. The summed E-state index contributed by atoms with van der Waals surface area (Å²) < 4.78 is 0. The topological polar surface area (TPSA) is 113 Å². The molecule has 58 valence electrons. The van der Waals surface area contributed by atoms with Gasteiger partial charge in [0.1, 0.15) is 10.2 Å². The molecule has 0 saturated carbocycles. The van der Waals surface area contributed by atoms with E-state index in [1.165, 1.54) is 0 Å². The molecule has 0 unspecified atom stereocenters. The Morgan fingerprint density at radius 3 is 2.82 bits per heavy atom. The zero-order chi connectivity index (χ0) is 8.43. The first kappa shape index (κ1) is 7.47. The quantitative estimate of drug-likeness (QED) is 0.324. The van der Waals surface area contributed by atoms with Crippen LogP contribution in [-0.2, 0) is 0 Å². The van der Waals surface area contributed by atoms with Gasteiger partial charge in [-0.3, -0.25) is 0 Å². The highest BCUT2D eigenvalue weighted by Crippen LogP contribution is 1.89. The molecule has 0 atom stereocenters. The maximum Gasteiger partial charge on any atom is 0.282 e. The summed E-state index contributed by atoms with van der Waals surface area (Å²) in [6.07, 6.45) is 0. The first-order valence-electron chi connectivity index (χ1n) is 2.36. The number of nitrogens with two attached hydrogens (primary N) is 1. The van der Waals surface area contributed by atoms with E-state index in [4.69, 9.17) is 5.73 Å². The molecule has 1 aromatic heterocycles. The molecule has 0 aliphatic carbocycles. The standard InChI is InChI=1S/C2H2N6O2S/c3-1(11)2-4-5-6-7(2)8(9)10/h(H2,3,11). The molecule has 0 spiro atoms. The number of thiocarbonyl (C=S) groups is 1. The van der Waals surface area contributed by atoms with Crippen LogP contribution in [0.4, 0.5) is 0 Å². The summed E-state index contributed by atoms with van der Waals surface area (Å²) in [6.45, 7) is 0. The van der Waals surface area contributed by atoms with E-state index in [0.29, 0.717) is 4.79 Å². The third kappa shape index (κ3) is 1.26. The molecule has 1 aromatic rings. The number of rotatable bonds is 2. The van der Waals surface area contributed by atoms with Crippen molar-refractivity contribution >= 4 is 17.2 Å². The van der Waals surface area contributed by atoms with E-state index in [1.807, 2.05) is 0 Å². The fraction of sp³-hybridized carbons (Fsp3) is 0. The van der Waals surface area contributed by atoms with Gasteiger partial charge in [-0.25, -0.2) is 0 Å². The van der Waals surface area contributed by atoms with Gasteiger partial charge in [-0.1, -0.05) is 17.3 Å². The molecule has 9 heteroatoms. The first-order chi connectivity index (χ1) is 5.13. The molecule has 1 rings (SSSR count). The first-order valence-corrected chi connectivity index (χ1v) is 2.76. The lowest BCUT2D eigenvalue weighted by Gasteiger charge is -1.91. The van der Waals surface area contributed by atoms with Crippen LogP contribution in [0.25, 0.3) is 0 Å². The van der Waals surface area contributed by atoms with Crippen molar-refractivity contribution < 1.29 is 5.03 Å². The van der Waals surface area contributed by atoms with Crippen LogP contribution in [0.5, 0.6) is 0 Å². The minimum absolute atomic E-state index is 0.216. The largest absolute Gasteiger partial charge is 0.387 e. The van der Waals surface area contributed by atoms with E-state index < -0.39 is 5.03 Å². The molecule has 1 heterocycles. The number of nitro groups is 1. The molecule has 0 saturated heterocycles. The Labute approximate surface area is 65.1 Å². The van der Waals surface area contributed by atoms with Crippen LogP contribution in [-0.4, -0.2) is 30.3 Å². The Morgan fingerprint density at radius 2 is 2.45 bits per heavy atom. The smallest absolute Gasteiger partial charge is 0.282 e. The van der Waals surface area contributed by atoms with Gasteiger partial charge in [-0.2, -0.15) is 0 Å². The molecule has 0 amide bonds. The lowest BCUT2D eigenvalue weighted by molar-refractivity contribution is -0.554. The van der Waals surface area contributed by atoms with Crippen LogP contribution >= 0.6 is 12.2 Å². The highest BCUT2D eigenvalue weighted by molar-refractivity contribution is 7.80. The molecule has 0 aliphatic heterocycles. The molecule has 0 aliphatic rings. The summed E-state index contributed by atoms with van der Waals surface area (Å²) in [5, 5.41) is 18.5. The zero-order valence-corrected chi connectivity index (χ0v) is 5.85. The number of hydrogen-bond donors (Lipinski definition) is 1. The van der Waals surface area contributed by atoms with Crippen molar-refractivity contribution in [2.24, 2.45) is 5.73 Å². The number of tetrazole rings is 1. The van der Waals surface area contributed by atoms with Crippen LogP contribution in [0.1, 0.15) is 5.82 Å². The second kappa shape index (κ2) is 2.54. The molecule has 0 bridgehead atoms. The summed E-state index contributed by atoms with van der Waals surface area (Å²) in [5.74, 6) is -0.231. The minimum atomic E-state index is -0.825. The van der Waals surface area contributed by atoms with Gasteiger partial charge < -0.3 is 15.8 Å².